The van der Waals surface area contributed by atoms with E-state index < -0.39 is 46.3 Å². The number of rotatable bonds is 2. The monoisotopic (exact) mass is 335 g/mol. The quantitative estimate of drug-likeness (QED) is 0.823. The van der Waals surface area contributed by atoms with Crippen molar-refractivity contribution in [2.45, 2.75) is 12.4 Å². The summed E-state index contributed by atoms with van der Waals surface area (Å²) in [5.41, 5.74) is -4.79. The second-order valence-electron chi connectivity index (χ2n) is 4.47. The first-order valence-corrected chi connectivity index (χ1v) is 5.99. The Kier molecular flexibility index (Phi) is 4.06. The molecule has 1 aromatic carbocycles. The van der Waals surface area contributed by atoms with Gasteiger partial charge >= 0.3 is 18.3 Å². The van der Waals surface area contributed by atoms with Gasteiger partial charge in [0.15, 0.2) is 0 Å². The van der Waals surface area contributed by atoms with Crippen LogP contribution < -0.4 is 0 Å². The number of carboxylic acid groups (broad SMARTS) is 1. The van der Waals surface area contributed by atoms with Crippen LogP contribution in [-0.4, -0.2) is 16.1 Å². The van der Waals surface area contributed by atoms with E-state index in [2.05, 4.69) is 4.98 Å². The summed E-state index contributed by atoms with van der Waals surface area (Å²) < 4.78 is 76.8. The van der Waals surface area contributed by atoms with E-state index in [1.165, 1.54) is 6.07 Å². The van der Waals surface area contributed by atoms with E-state index in [0.717, 1.165) is 12.1 Å². The fraction of sp³-hybridized carbons (Fsp3) is 0.143. The van der Waals surface area contributed by atoms with Gasteiger partial charge in [-0.25, -0.2) is 4.79 Å². The summed E-state index contributed by atoms with van der Waals surface area (Å²) >= 11 is 0. The molecule has 1 aromatic heterocycles. The summed E-state index contributed by atoms with van der Waals surface area (Å²) in [5, 5.41) is 9.02. The summed E-state index contributed by atoms with van der Waals surface area (Å²) in [6.45, 7) is 0. The van der Waals surface area contributed by atoms with E-state index in [0.29, 0.717) is 12.3 Å². The van der Waals surface area contributed by atoms with Crippen molar-refractivity contribution in [2.24, 2.45) is 0 Å². The highest BCUT2D eigenvalue weighted by Gasteiger charge is 2.36. The average molecular weight is 335 g/mol. The molecule has 2 rings (SSSR count). The molecule has 0 bridgehead atoms. The van der Waals surface area contributed by atoms with Crippen LogP contribution in [0.4, 0.5) is 26.3 Å². The SMILES string of the molecule is O=C(O)c1cc(C(F)(F)F)cnc1-c1ccccc1C(F)(F)F. The summed E-state index contributed by atoms with van der Waals surface area (Å²) in [4.78, 5) is 14.5. The van der Waals surface area contributed by atoms with Crippen LogP contribution in [0.15, 0.2) is 36.5 Å². The van der Waals surface area contributed by atoms with Gasteiger partial charge in [0.05, 0.1) is 22.4 Å². The Labute approximate surface area is 125 Å². The maximum absolute atomic E-state index is 13.0. The number of pyridine rings is 1. The number of carbonyl (C=O) groups is 1. The molecule has 1 N–H and O–H groups in total. The van der Waals surface area contributed by atoms with Gasteiger partial charge in [0.25, 0.3) is 0 Å². The zero-order valence-electron chi connectivity index (χ0n) is 11.0. The molecule has 0 aliphatic rings. The first kappa shape index (κ1) is 16.8. The van der Waals surface area contributed by atoms with Crippen LogP contribution in [0.1, 0.15) is 21.5 Å². The number of carboxylic acids is 1. The topological polar surface area (TPSA) is 50.2 Å². The second kappa shape index (κ2) is 5.56. The molecule has 0 amide bonds. The van der Waals surface area contributed by atoms with Crippen LogP contribution in [0.2, 0.25) is 0 Å². The Hall–Kier alpha value is -2.58. The summed E-state index contributed by atoms with van der Waals surface area (Å²) in [6, 6.07) is 4.19. The minimum atomic E-state index is -4.86. The van der Waals surface area contributed by atoms with Crippen molar-refractivity contribution >= 4 is 5.97 Å². The first-order valence-electron chi connectivity index (χ1n) is 5.99. The van der Waals surface area contributed by atoms with Gasteiger partial charge in [-0.2, -0.15) is 26.3 Å². The van der Waals surface area contributed by atoms with Crippen LogP contribution in [0.3, 0.4) is 0 Å². The molecule has 23 heavy (non-hydrogen) atoms. The lowest BCUT2D eigenvalue weighted by molar-refractivity contribution is -0.138. The Morgan fingerprint density at radius 2 is 1.61 bits per heavy atom. The first-order chi connectivity index (χ1) is 10.5. The molecular weight excluding hydrogens is 328 g/mol. The second-order valence-corrected chi connectivity index (χ2v) is 4.47. The van der Waals surface area contributed by atoms with Gasteiger partial charge in [0, 0.05) is 11.8 Å². The number of halogens is 6. The maximum atomic E-state index is 13.0. The minimum Gasteiger partial charge on any atom is -0.478 e. The highest BCUT2D eigenvalue weighted by atomic mass is 19.4. The lowest BCUT2D eigenvalue weighted by atomic mass is 9.99. The standard InChI is InChI=1S/C14H7F6NO2/c15-13(16,17)7-5-9(12(22)23)11(21-6-7)8-3-1-2-4-10(8)14(18,19)20/h1-6H,(H,22,23). The van der Waals surface area contributed by atoms with Crippen LogP contribution in [0, 0.1) is 0 Å². The van der Waals surface area contributed by atoms with Gasteiger partial charge in [-0.15, -0.1) is 0 Å². The van der Waals surface area contributed by atoms with E-state index >= 15 is 0 Å². The smallest absolute Gasteiger partial charge is 0.417 e. The predicted molar refractivity (Wildman–Crippen MR) is 66.6 cm³/mol. The molecule has 3 nitrogen and oxygen atoms in total. The van der Waals surface area contributed by atoms with E-state index in [9.17, 15) is 31.1 Å². The van der Waals surface area contributed by atoms with Crippen molar-refractivity contribution in [2.75, 3.05) is 0 Å². The number of alkyl halides is 6. The lowest BCUT2D eigenvalue weighted by Gasteiger charge is -2.15. The van der Waals surface area contributed by atoms with Gasteiger partial charge in [0.2, 0.25) is 0 Å². The molecule has 0 aliphatic carbocycles. The molecule has 1 heterocycles. The number of nitrogens with zero attached hydrogens (tertiary/aromatic N) is 1. The Bertz CT molecular complexity index is 752. The molecule has 0 atom stereocenters. The van der Waals surface area contributed by atoms with Crippen LogP contribution >= 0.6 is 0 Å². The third-order valence-electron chi connectivity index (χ3n) is 2.93. The van der Waals surface area contributed by atoms with Crippen molar-refractivity contribution < 1.29 is 36.2 Å². The lowest BCUT2D eigenvalue weighted by Crippen LogP contribution is -2.12. The molecule has 0 saturated carbocycles. The molecule has 0 radical (unpaired) electrons. The van der Waals surface area contributed by atoms with Gasteiger partial charge in [-0.05, 0) is 12.1 Å². The van der Waals surface area contributed by atoms with Crippen molar-refractivity contribution in [1.29, 1.82) is 0 Å². The summed E-state index contributed by atoms with van der Waals surface area (Å²) in [6.07, 6.45) is -9.37. The fourth-order valence-electron chi connectivity index (χ4n) is 1.93. The van der Waals surface area contributed by atoms with Crippen molar-refractivity contribution in [3.8, 4) is 11.3 Å². The van der Waals surface area contributed by atoms with E-state index in [1.807, 2.05) is 0 Å². The number of aromatic nitrogens is 1. The number of benzene rings is 1. The predicted octanol–water partition coefficient (Wildman–Crippen LogP) is 4.48. The van der Waals surface area contributed by atoms with Crippen LogP contribution in [-0.2, 0) is 12.4 Å². The number of hydrogen-bond donors (Lipinski definition) is 1. The van der Waals surface area contributed by atoms with Gasteiger partial charge in [0.1, 0.15) is 0 Å². The summed E-state index contributed by atoms with van der Waals surface area (Å²) in [5.74, 6) is -1.81. The molecule has 0 saturated heterocycles. The zero-order chi connectivity index (χ0) is 17.4. The van der Waals surface area contributed by atoms with Crippen molar-refractivity contribution in [1.82, 2.24) is 4.98 Å². The zero-order valence-corrected chi connectivity index (χ0v) is 11.0. The Morgan fingerprint density at radius 1 is 1.00 bits per heavy atom. The summed E-state index contributed by atoms with van der Waals surface area (Å²) in [7, 11) is 0. The van der Waals surface area contributed by atoms with E-state index in [4.69, 9.17) is 5.11 Å². The minimum absolute atomic E-state index is 0.262. The number of aromatic carboxylic acids is 1. The third kappa shape index (κ3) is 3.43. The van der Waals surface area contributed by atoms with Gasteiger partial charge in [-0.1, -0.05) is 18.2 Å². The average Bonchev–Trinajstić information content (AvgIpc) is 2.44. The Balaban J connectivity index is 2.73. The maximum Gasteiger partial charge on any atom is 0.417 e. The fourth-order valence-corrected chi connectivity index (χ4v) is 1.93. The van der Waals surface area contributed by atoms with Crippen LogP contribution in [0.25, 0.3) is 11.3 Å². The van der Waals surface area contributed by atoms with Crippen molar-refractivity contribution in [3.63, 3.8) is 0 Å². The number of hydrogen-bond acceptors (Lipinski definition) is 2. The molecule has 0 aliphatic heterocycles. The third-order valence-corrected chi connectivity index (χ3v) is 2.93. The Morgan fingerprint density at radius 3 is 2.13 bits per heavy atom. The molecule has 2 aromatic rings. The molecule has 9 heteroatoms. The van der Waals surface area contributed by atoms with E-state index in [-0.39, 0.29) is 6.07 Å². The highest BCUT2D eigenvalue weighted by Crippen LogP contribution is 2.38. The normalized spacial score (nSPS) is 12.3. The highest BCUT2D eigenvalue weighted by molar-refractivity contribution is 5.95. The molecule has 122 valence electrons. The molecule has 0 spiro atoms. The largest absolute Gasteiger partial charge is 0.478 e. The van der Waals surface area contributed by atoms with Crippen molar-refractivity contribution in [3.05, 3.63) is 53.2 Å². The molecular formula is C14H7F6NO2. The van der Waals surface area contributed by atoms with Crippen LogP contribution in [0.5, 0.6) is 0 Å². The molecule has 0 fully saturated rings. The van der Waals surface area contributed by atoms with Gasteiger partial charge in [-0.3, -0.25) is 4.98 Å². The van der Waals surface area contributed by atoms with Gasteiger partial charge < -0.3 is 5.11 Å². The van der Waals surface area contributed by atoms with E-state index in [1.54, 1.807) is 0 Å². The molecule has 0 unspecified atom stereocenters.